The largest absolute Gasteiger partial charge is 0.287 e. The minimum Gasteiger partial charge on any atom is -0.287 e. The second-order valence-electron chi connectivity index (χ2n) is 4.36. The second kappa shape index (κ2) is 6.10. The zero-order valence-corrected chi connectivity index (χ0v) is 10.7. The van der Waals surface area contributed by atoms with Gasteiger partial charge in [0.2, 0.25) is 12.3 Å². The Balaban J connectivity index is 2.17. The van der Waals surface area contributed by atoms with Gasteiger partial charge in [0.15, 0.2) is 11.9 Å². The first kappa shape index (κ1) is 12.5. The lowest BCUT2D eigenvalue weighted by Crippen LogP contribution is -2.41. The maximum absolute atomic E-state index is 12.1. The van der Waals surface area contributed by atoms with Crippen molar-refractivity contribution in [3.8, 4) is 0 Å². The molecule has 0 atom stereocenters. The van der Waals surface area contributed by atoms with Crippen LogP contribution in [-0.4, -0.2) is 5.78 Å². The van der Waals surface area contributed by atoms with E-state index in [1.54, 1.807) is 0 Å². The minimum absolute atomic E-state index is 0.157. The smallest absolute Gasteiger partial charge is 0.227 e. The summed E-state index contributed by atoms with van der Waals surface area (Å²) in [5.41, 5.74) is 1.99. The van der Waals surface area contributed by atoms with Crippen molar-refractivity contribution in [2.75, 3.05) is 0 Å². The van der Waals surface area contributed by atoms with Gasteiger partial charge in [-0.25, -0.2) is 0 Å². The van der Waals surface area contributed by atoms with E-state index in [0.29, 0.717) is 6.54 Å². The zero-order chi connectivity index (χ0) is 12.8. The number of benzene rings is 1. The Morgan fingerprint density at radius 1 is 1.06 bits per heavy atom. The lowest BCUT2D eigenvalue weighted by Gasteiger charge is -2.02. The summed E-state index contributed by atoms with van der Waals surface area (Å²) in [4.78, 5) is 12.1. The summed E-state index contributed by atoms with van der Waals surface area (Å²) < 4.78 is 2.04. The van der Waals surface area contributed by atoms with Crippen molar-refractivity contribution in [3.05, 3.63) is 66.0 Å². The van der Waals surface area contributed by atoms with Gasteiger partial charge in [-0.3, -0.25) is 4.79 Å². The number of nitrogens with zero attached hydrogens (tertiary/aromatic N) is 1. The molecule has 1 heterocycles. The molecule has 92 valence electrons. The van der Waals surface area contributed by atoms with Crippen LogP contribution in [0.5, 0.6) is 0 Å². The van der Waals surface area contributed by atoms with Crippen LogP contribution in [0.3, 0.4) is 0 Å². The molecular formula is C16H18NO+. The number of rotatable bonds is 5. The number of carbonyl (C=O) groups excluding carboxylic acids is 1. The van der Waals surface area contributed by atoms with Gasteiger partial charge in [0.25, 0.3) is 0 Å². The zero-order valence-electron chi connectivity index (χ0n) is 10.7. The molecule has 0 fully saturated rings. The van der Waals surface area contributed by atoms with Gasteiger partial charge < -0.3 is 0 Å². The summed E-state index contributed by atoms with van der Waals surface area (Å²) in [7, 11) is 0. The van der Waals surface area contributed by atoms with Gasteiger partial charge in [-0.15, -0.1) is 0 Å². The van der Waals surface area contributed by atoms with Gasteiger partial charge in [0.05, 0.1) is 0 Å². The fraction of sp³-hybridized carbons (Fsp3) is 0.250. The number of hydrogen-bond donors (Lipinski definition) is 0. The molecule has 0 aliphatic heterocycles. The van der Waals surface area contributed by atoms with Crippen LogP contribution >= 0.6 is 0 Å². The van der Waals surface area contributed by atoms with Crippen LogP contribution in [0.25, 0.3) is 0 Å². The summed E-state index contributed by atoms with van der Waals surface area (Å²) in [6.45, 7) is 2.57. The Morgan fingerprint density at radius 3 is 2.50 bits per heavy atom. The van der Waals surface area contributed by atoms with Gasteiger partial charge in [-0.1, -0.05) is 43.3 Å². The van der Waals surface area contributed by atoms with Gasteiger partial charge >= 0.3 is 0 Å². The van der Waals surface area contributed by atoms with Gasteiger partial charge in [0.1, 0.15) is 0 Å². The Hall–Kier alpha value is -1.96. The van der Waals surface area contributed by atoms with Crippen molar-refractivity contribution in [3.63, 3.8) is 0 Å². The van der Waals surface area contributed by atoms with E-state index >= 15 is 0 Å². The highest BCUT2D eigenvalue weighted by Crippen LogP contribution is 2.01. The lowest BCUT2D eigenvalue weighted by molar-refractivity contribution is -0.690. The molecule has 1 aromatic carbocycles. The molecular weight excluding hydrogens is 222 g/mol. The van der Waals surface area contributed by atoms with E-state index in [9.17, 15) is 4.79 Å². The van der Waals surface area contributed by atoms with Crippen LogP contribution in [0.2, 0.25) is 0 Å². The molecule has 1 aromatic heterocycles. The van der Waals surface area contributed by atoms with Crippen molar-refractivity contribution < 1.29 is 9.36 Å². The minimum atomic E-state index is 0.157. The first-order chi connectivity index (χ1) is 8.81. The molecule has 0 amide bonds. The van der Waals surface area contributed by atoms with Crippen molar-refractivity contribution >= 4 is 5.78 Å². The third-order valence-electron chi connectivity index (χ3n) is 2.95. The highest BCUT2D eigenvalue weighted by molar-refractivity contribution is 5.94. The Labute approximate surface area is 108 Å². The van der Waals surface area contributed by atoms with Gasteiger partial charge in [-0.05, 0) is 6.42 Å². The Morgan fingerprint density at radius 2 is 1.78 bits per heavy atom. The monoisotopic (exact) mass is 240 g/mol. The van der Waals surface area contributed by atoms with E-state index in [1.807, 2.05) is 53.2 Å². The molecule has 0 spiro atoms. The van der Waals surface area contributed by atoms with Crippen molar-refractivity contribution in [2.45, 2.75) is 26.3 Å². The van der Waals surface area contributed by atoms with Gasteiger partial charge in [-0.2, -0.15) is 4.57 Å². The summed E-state index contributed by atoms with van der Waals surface area (Å²) in [5.74, 6) is 0.157. The standard InChI is InChI=1S/C16H18NO/c1-2-8-15-11-6-7-12-17(15)13-16(18)14-9-4-3-5-10-14/h3-7,9-12H,2,8,13H2,1H3/q+1. The Kier molecular flexibility index (Phi) is 4.24. The van der Waals surface area contributed by atoms with E-state index < -0.39 is 0 Å². The fourth-order valence-corrected chi connectivity index (χ4v) is 2.02. The number of Topliss-reactive ketones (excluding diaryl/α,β-unsaturated/α-hetero) is 1. The summed E-state index contributed by atoms with van der Waals surface area (Å²) in [6, 6.07) is 15.5. The number of hydrogen-bond acceptors (Lipinski definition) is 1. The van der Waals surface area contributed by atoms with Crippen LogP contribution in [0, 0.1) is 0 Å². The Bertz CT molecular complexity index is 520. The highest BCUT2D eigenvalue weighted by Gasteiger charge is 2.14. The SMILES string of the molecule is CCCc1cccc[n+]1CC(=O)c1ccccc1. The third kappa shape index (κ3) is 3.04. The average Bonchev–Trinajstić information content (AvgIpc) is 2.42. The summed E-state index contributed by atoms with van der Waals surface area (Å²) in [6.07, 6.45) is 4.07. The molecule has 0 unspecified atom stereocenters. The first-order valence-electron chi connectivity index (χ1n) is 6.37. The third-order valence-corrected chi connectivity index (χ3v) is 2.95. The topological polar surface area (TPSA) is 20.9 Å². The average molecular weight is 240 g/mol. The van der Waals surface area contributed by atoms with E-state index in [1.165, 1.54) is 5.69 Å². The molecule has 2 aromatic rings. The van der Waals surface area contributed by atoms with Crippen LogP contribution in [-0.2, 0) is 13.0 Å². The van der Waals surface area contributed by atoms with Crippen LogP contribution < -0.4 is 4.57 Å². The maximum Gasteiger partial charge on any atom is 0.227 e. The first-order valence-corrected chi connectivity index (χ1v) is 6.37. The molecule has 0 bridgehead atoms. The van der Waals surface area contributed by atoms with E-state index in [0.717, 1.165) is 18.4 Å². The number of aryl methyl sites for hydroxylation is 1. The van der Waals surface area contributed by atoms with Crippen LogP contribution in [0.1, 0.15) is 29.4 Å². The van der Waals surface area contributed by atoms with Crippen molar-refractivity contribution in [2.24, 2.45) is 0 Å². The molecule has 0 aliphatic carbocycles. The highest BCUT2D eigenvalue weighted by atomic mass is 16.1. The van der Waals surface area contributed by atoms with Crippen molar-refractivity contribution in [1.29, 1.82) is 0 Å². The predicted octanol–water partition coefficient (Wildman–Crippen LogP) is 2.81. The molecule has 0 saturated carbocycles. The predicted molar refractivity (Wildman–Crippen MR) is 71.4 cm³/mol. The quantitative estimate of drug-likeness (QED) is 0.581. The number of ketones is 1. The van der Waals surface area contributed by atoms with E-state index in [2.05, 4.69) is 13.0 Å². The molecule has 0 radical (unpaired) electrons. The number of aromatic nitrogens is 1. The molecule has 2 nitrogen and oxygen atoms in total. The molecule has 2 heteroatoms. The molecule has 18 heavy (non-hydrogen) atoms. The van der Waals surface area contributed by atoms with Crippen LogP contribution in [0.4, 0.5) is 0 Å². The normalized spacial score (nSPS) is 10.3. The molecule has 2 rings (SSSR count). The molecule has 0 N–H and O–H groups in total. The fourth-order valence-electron chi connectivity index (χ4n) is 2.02. The number of pyridine rings is 1. The molecule has 0 aliphatic rings. The lowest BCUT2D eigenvalue weighted by atomic mass is 10.1. The van der Waals surface area contributed by atoms with E-state index in [4.69, 9.17) is 0 Å². The molecule has 0 saturated heterocycles. The van der Waals surface area contributed by atoms with Crippen LogP contribution in [0.15, 0.2) is 54.7 Å². The van der Waals surface area contributed by atoms with E-state index in [-0.39, 0.29) is 5.78 Å². The summed E-state index contributed by atoms with van der Waals surface area (Å²) in [5, 5.41) is 0. The second-order valence-corrected chi connectivity index (χ2v) is 4.36. The maximum atomic E-state index is 12.1. The summed E-state index contributed by atoms with van der Waals surface area (Å²) >= 11 is 0. The van der Waals surface area contributed by atoms with Gasteiger partial charge in [0, 0.05) is 24.1 Å². The number of carbonyl (C=O) groups is 1. The van der Waals surface area contributed by atoms with Crippen molar-refractivity contribution in [1.82, 2.24) is 0 Å².